The van der Waals surface area contributed by atoms with Crippen molar-refractivity contribution in [2.45, 2.75) is 153 Å². The highest BCUT2D eigenvalue weighted by molar-refractivity contribution is 6.10. The van der Waals surface area contributed by atoms with Crippen LogP contribution in [0.3, 0.4) is 0 Å². The lowest BCUT2D eigenvalue weighted by Crippen LogP contribution is -2.59. The molecule has 2 aromatic rings. The van der Waals surface area contributed by atoms with E-state index in [1.54, 1.807) is 59.7 Å². The highest BCUT2D eigenvalue weighted by atomic mass is 16.7. The molecule has 51 heavy (non-hydrogen) atoms. The number of phenols is 2. The third kappa shape index (κ3) is 7.75. The number of benzene rings is 2. The maximum absolute atomic E-state index is 13.6. The zero-order chi connectivity index (χ0) is 36.9. The van der Waals surface area contributed by atoms with Crippen LogP contribution in [0.25, 0.3) is 10.8 Å². The summed E-state index contributed by atoms with van der Waals surface area (Å²) < 4.78 is 42.0. The van der Waals surface area contributed by atoms with Crippen LogP contribution < -0.4 is 0 Å². The number of hydrogen-bond acceptors (Lipinski definition) is 14. The van der Waals surface area contributed by atoms with Gasteiger partial charge in [-0.3, -0.25) is 9.59 Å². The molecule has 14 heteroatoms. The van der Waals surface area contributed by atoms with E-state index in [4.69, 9.17) is 33.2 Å². The lowest BCUT2D eigenvalue weighted by molar-refractivity contribution is -0.334. The molecule has 0 spiro atoms. The van der Waals surface area contributed by atoms with Gasteiger partial charge in [0.05, 0.1) is 47.4 Å². The Kier molecular flexibility index (Phi) is 11.0. The number of fused-ring (bicyclic) bond motifs is 2. The molecule has 0 unspecified atom stereocenters. The number of esters is 1. The Bertz CT molecular complexity index is 1590. The molecule has 1 aliphatic carbocycles. The third-order valence-electron chi connectivity index (χ3n) is 10.4. The fraction of sp³-hybridized carbons (Fsp3) is 0.676. The van der Waals surface area contributed by atoms with E-state index in [0.717, 1.165) is 0 Å². The zero-order valence-electron chi connectivity index (χ0n) is 29.8. The molecule has 0 radical (unpaired) electrons. The Morgan fingerprint density at radius 1 is 0.902 bits per heavy atom. The van der Waals surface area contributed by atoms with Crippen molar-refractivity contribution in [3.63, 3.8) is 0 Å². The van der Waals surface area contributed by atoms with Crippen molar-refractivity contribution < 1.29 is 68.3 Å². The summed E-state index contributed by atoms with van der Waals surface area (Å²) >= 11 is 0. The van der Waals surface area contributed by atoms with Gasteiger partial charge in [-0.2, -0.15) is 0 Å². The second-order valence-electron chi connectivity index (χ2n) is 14.8. The molecule has 3 aliphatic heterocycles. The molecule has 282 valence electrons. The first-order valence-corrected chi connectivity index (χ1v) is 17.8. The highest BCUT2D eigenvalue weighted by Crippen LogP contribution is 2.41. The predicted molar refractivity (Wildman–Crippen MR) is 179 cm³/mol. The molecule has 0 bridgehead atoms. The maximum atomic E-state index is 13.6. The Hall–Kier alpha value is -2.92. The Labute approximate surface area is 296 Å². The first-order valence-electron chi connectivity index (χ1n) is 17.8. The number of ether oxygens (including phenoxy) is 7. The van der Waals surface area contributed by atoms with E-state index in [0.29, 0.717) is 23.8 Å². The average Bonchev–Trinajstić information content (AvgIpc) is 3.04. The Balaban J connectivity index is 1.09. The molecule has 14 nitrogen and oxygen atoms in total. The fourth-order valence-corrected chi connectivity index (χ4v) is 7.57. The second kappa shape index (κ2) is 14.8. The standard InChI is InChI=1S/C37H50O14/c1-16(2)36(43)51-35-19(5)47-28(15-37(35,6)44)50-25-14-27(46-18(4)32(25)40)49-24-13-26(45-17(3)31(24)39)48-23-11-10-21-12-20-8-7-9-22(38)29(20)34(42)30(21)33(23)41/h7-9,12,16-19,23-28,31-32,35,38-40,42,44H,10-11,13-15H2,1-6H3/t17-,18-,19+,23+,24-,25-,26+,27+,28+,31-,32-,35+,37+/m1/s1. The number of phenolic OH excluding ortho intramolecular Hbond substituents is 2. The van der Waals surface area contributed by atoms with Crippen molar-refractivity contribution in [2.24, 2.45) is 5.92 Å². The van der Waals surface area contributed by atoms with Gasteiger partial charge in [0, 0.05) is 19.3 Å². The number of ketones is 1. The number of Topliss-reactive ketones (excluding diaryl/α,β-unsaturated/α-hetero) is 1. The fourth-order valence-electron chi connectivity index (χ4n) is 7.57. The largest absolute Gasteiger partial charge is 0.507 e. The van der Waals surface area contributed by atoms with Crippen LogP contribution in [0.4, 0.5) is 0 Å². The smallest absolute Gasteiger partial charge is 0.308 e. The Morgan fingerprint density at radius 2 is 1.49 bits per heavy atom. The molecule has 0 amide bonds. The molecule has 6 rings (SSSR count). The molecule has 3 saturated heterocycles. The van der Waals surface area contributed by atoms with E-state index < -0.39 is 91.2 Å². The van der Waals surface area contributed by atoms with Gasteiger partial charge < -0.3 is 58.7 Å². The van der Waals surface area contributed by atoms with Crippen LogP contribution in [0.1, 0.15) is 83.1 Å². The summed E-state index contributed by atoms with van der Waals surface area (Å²) in [6.07, 6.45) is -9.69. The highest BCUT2D eigenvalue weighted by Gasteiger charge is 2.50. The van der Waals surface area contributed by atoms with E-state index in [1.165, 1.54) is 6.07 Å². The molecule has 3 heterocycles. The molecular weight excluding hydrogens is 668 g/mol. The molecule has 13 atom stereocenters. The van der Waals surface area contributed by atoms with Gasteiger partial charge in [0.1, 0.15) is 35.4 Å². The number of rotatable bonds is 8. The topological polar surface area (TPSA) is 200 Å². The zero-order valence-corrected chi connectivity index (χ0v) is 29.8. The van der Waals surface area contributed by atoms with Crippen LogP contribution in [-0.4, -0.2) is 117 Å². The molecule has 3 fully saturated rings. The minimum Gasteiger partial charge on any atom is -0.507 e. The number of carbonyl (C=O) groups excluding carboxylic acids is 2. The van der Waals surface area contributed by atoms with Crippen LogP contribution in [-0.2, 0) is 44.4 Å². The van der Waals surface area contributed by atoms with Crippen molar-refractivity contribution in [1.29, 1.82) is 0 Å². The second-order valence-corrected chi connectivity index (χ2v) is 14.8. The lowest BCUT2D eigenvalue weighted by atomic mass is 9.85. The van der Waals surface area contributed by atoms with Gasteiger partial charge in [0.25, 0.3) is 0 Å². The van der Waals surface area contributed by atoms with Gasteiger partial charge >= 0.3 is 5.97 Å². The van der Waals surface area contributed by atoms with E-state index in [2.05, 4.69) is 0 Å². The quantitative estimate of drug-likeness (QED) is 0.250. The molecule has 0 aromatic heterocycles. The van der Waals surface area contributed by atoms with Gasteiger partial charge in [0.2, 0.25) is 0 Å². The number of aromatic hydroxyl groups is 2. The van der Waals surface area contributed by atoms with Crippen molar-refractivity contribution >= 4 is 22.5 Å². The van der Waals surface area contributed by atoms with Gasteiger partial charge in [-0.15, -0.1) is 0 Å². The van der Waals surface area contributed by atoms with E-state index in [-0.39, 0.29) is 47.6 Å². The van der Waals surface area contributed by atoms with Crippen molar-refractivity contribution in [3.05, 3.63) is 35.4 Å². The molecular formula is C37H50O14. The van der Waals surface area contributed by atoms with Crippen LogP contribution >= 0.6 is 0 Å². The minimum atomic E-state index is -1.46. The van der Waals surface area contributed by atoms with Crippen molar-refractivity contribution in [1.82, 2.24) is 0 Å². The number of hydrogen-bond donors (Lipinski definition) is 5. The van der Waals surface area contributed by atoms with E-state index in [9.17, 15) is 35.1 Å². The summed E-state index contributed by atoms with van der Waals surface area (Å²) in [6.45, 7) is 9.96. The lowest BCUT2D eigenvalue weighted by Gasteiger charge is -2.46. The monoisotopic (exact) mass is 718 g/mol. The Morgan fingerprint density at radius 3 is 2.10 bits per heavy atom. The number of aryl methyl sites for hydroxylation is 1. The first kappa shape index (κ1) is 37.8. The molecule has 4 aliphatic rings. The van der Waals surface area contributed by atoms with Crippen LogP contribution in [0.15, 0.2) is 24.3 Å². The van der Waals surface area contributed by atoms with Gasteiger partial charge in [-0.25, -0.2) is 0 Å². The predicted octanol–water partition coefficient (Wildman–Crippen LogP) is 2.98. The van der Waals surface area contributed by atoms with Crippen LogP contribution in [0, 0.1) is 5.92 Å². The summed E-state index contributed by atoms with van der Waals surface area (Å²) in [5, 5.41) is 55.5. The van der Waals surface area contributed by atoms with Crippen molar-refractivity contribution in [2.75, 3.05) is 0 Å². The summed E-state index contributed by atoms with van der Waals surface area (Å²) in [5.41, 5.74) is -0.687. The minimum absolute atomic E-state index is 0.0217. The van der Waals surface area contributed by atoms with Gasteiger partial charge in [-0.05, 0) is 57.6 Å². The number of aliphatic hydroxyl groups is 3. The summed E-state index contributed by atoms with van der Waals surface area (Å²) in [5.74, 6) is -1.68. The van der Waals surface area contributed by atoms with Crippen molar-refractivity contribution in [3.8, 4) is 11.5 Å². The molecule has 5 N–H and O–H groups in total. The normalized spacial score (nSPS) is 38.8. The maximum Gasteiger partial charge on any atom is 0.308 e. The SMILES string of the molecule is CC(C)C(=O)O[C@H]1[C@H](C)O[C@@H](O[C@@H]2C[C@H](O[C@@H]3C[C@H](O[C@H]4CCc5cc6cccc(O)c6c(O)c5C4=O)O[C@H](C)[C@H]3O)O[C@H](C)[C@H]2O)C[C@]1(C)O. The van der Waals surface area contributed by atoms with Crippen LogP contribution in [0.2, 0.25) is 0 Å². The summed E-state index contributed by atoms with van der Waals surface area (Å²) in [7, 11) is 0. The van der Waals surface area contributed by atoms with Crippen LogP contribution in [0.5, 0.6) is 11.5 Å². The van der Waals surface area contributed by atoms with E-state index >= 15 is 0 Å². The van der Waals surface area contributed by atoms with Gasteiger partial charge in [0.15, 0.2) is 30.8 Å². The number of aliphatic hydroxyl groups excluding tert-OH is 2. The third-order valence-corrected chi connectivity index (χ3v) is 10.4. The summed E-state index contributed by atoms with van der Waals surface area (Å²) in [4.78, 5) is 25.9. The van der Waals surface area contributed by atoms with E-state index in [1.807, 2.05) is 0 Å². The molecule has 2 aromatic carbocycles. The average molecular weight is 719 g/mol. The number of carbonyl (C=O) groups is 2. The first-order chi connectivity index (χ1) is 24.0. The van der Waals surface area contributed by atoms with Gasteiger partial charge in [-0.1, -0.05) is 32.0 Å². The molecule has 0 saturated carbocycles. The summed E-state index contributed by atoms with van der Waals surface area (Å²) in [6, 6.07) is 6.67.